The zero-order valence-corrected chi connectivity index (χ0v) is 11.6. The van der Waals surface area contributed by atoms with Gasteiger partial charge in [0.2, 0.25) is 0 Å². The van der Waals surface area contributed by atoms with Gasteiger partial charge in [0.1, 0.15) is 5.82 Å². The SMILES string of the molecule is O=C(CCCN1CCn2ccnc2C1)c1cccs1. The number of thiophene rings is 1. The van der Waals surface area contributed by atoms with Crippen molar-refractivity contribution in [2.75, 3.05) is 13.1 Å². The monoisotopic (exact) mass is 275 g/mol. The van der Waals surface area contributed by atoms with E-state index < -0.39 is 0 Å². The Balaban J connectivity index is 1.45. The van der Waals surface area contributed by atoms with Crippen molar-refractivity contribution >= 4 is 17.1 Å². The summed E-state index contributed by atoms with van der Waals surface area (Å²) in [7, 11) is 0. The summed E-state index contributed by atoms with van der Waals surface area (Å²) in [5, 5.41) is 1.96. The summed E-state index contributed by atoms with van der Waals surface area (Å²) in [6.07, 6.45) is 5.47. The van der Waals surface area contributed by atoms with Gasteiger partial charge in [-0.1, -0.05) is 6.07 Å². The standard InChI is InChI=1S/C14H17N3OS/c18-12(13-4-2-10-19-13)3-1-6-16-8-9-17-7-5-15-14(17)11-16/h2,4-5,7,10H,1,3,6,8-9,11H2. The molecule has 2 aromatic heterocycles. The highest BCUT2D eigenvalue weighted by Crippen LogP contribution is 2.14. The lowest BCUT2D eigenvalue weighted by Crippen LogP contribution is -2.34. The van der Waals surface area contributed by atoms with Crippen molar-refractivity contribution in [3.8, 4) is 0 Å². The molecule has 3 rings (SSSR count). The van der Waals surface area contributed by atoms with Crippen LogP contribution in [0.5, 0.6) is 0 Å². The quantitative estimate of drug-likeness (QED) is 0.787. The largest absolute Gasteiger partial charge is 0.333 e. The van der Waals surface area contributed by atoms with Crippen LogP contribution in [0.1, 0.15) is 28.3 Å². The highest BCUT2D eigenvalue weighted by Gasteiger charge is 2.16. The van der Waals surface area contributed by atoms with E-state index in [2.05, 4.69) is 14.5 Å². The number of carbonyl (C=O) groups is 1. The number of Topliss-reactive ketones (excluding diaryl/α,β-unsaturated/α-hetero) is 1. The third kappa shape index (κ3) is 2.93. The summed E-state index contributed by atoms with van der Waals surface area (Å²) >= 11 is 1.53. The summed E-state index contributed by atoms with van der Waals surface area (Å²) in [5.41, 5.74) is 0. The van der Waals surface area contributed by atoms with Gasteiger partial charge in [-0.3, -0.25) is 9.69 Å². The first-order valence-electron chi connectivity index (χ1n) is 6.62. The second-order valence-corrected chi connectivity index (χ2v) is 5.76. The molecule has 0 unspecified atom stereocenters. The van der Waals surface area contributed by atoms with E-state index >= 15 is 0 Å². The van der Waals surface area contributed by atoms with Crippen LogP contribution in [0.4, 0.5) is 0 Å². The van der Waals surface area contributed by atoms with Crippen LogP contribution in [0.15, 0.2) is 29.9 Å². The van der Waals surface area contributed by atoms with Gasteiger partial charge in [0.15, 0.2) is 5.78 Å². The molecule has 0 radical (unpaired) electrons. The molecule has 2 aromatic rings. The molecule has 4 nitrogen and oxygen atoms in total. The van der Waals surface area contributed by atoms with Gasteiger partial charge in [0.25, 0.3) is 0 Å². The molecule has 0 saturated heterocycles. The average Bonchev–Trinajstić information content (AvgIpc) is 3.09. The molecule has 1 aliphatic heterocycles. The number of rotatable bonds is 5. The normalized spacial score (nSPS) is 15.4. The fourth-order valence-corrected chi connectivity index (χ4v) is 3.13. The molecule has 19 heavy (non-hydrogen) atoms. The topological polar surface area (TPSA) is 38.1 Å². The van der Waals surface area contributed by atoms with Crippen molar-refractivity contribution in [1.82, 2.24) is 14.5 Å². The molecule has 5 heteroatoms. The molecule has 0 bridgehead atoms. The van der Waals surface area contributed by atoms with Crippen molar-refractivity contribution in [3.05, 3.63) is 40.6 Å². The van der Waals surface area contributed by atoms with Crippen LogP contribution in [0.25, 0.3) is 0 Å². The van der Waals surface area contributed by atoms with E-state index in [0.717, 1.165) is 43.3 Å². The van der Waals surface area contributed by atoms with Gasteiger partial charge in [0, 0.05) is 31.9 Å². The predicted molar refractivity (Wildman–Crippen MR) is 75.4 cm³/mol. The first-order chi connectivity index (χ1) is 9.33. The van der Waals surface area contributed by atoms with Crippen LogP contribution in [0.3, 0.4) is 0 Å². The van der Waals surface area contributed by atoms with E-state index in [4.69, 9.17) is 0 Å². The molecule has 0 N–H and O–H groups in total. The van der Waals surface area contributed by atoms with Crippen LogP contribution in [0.2, 0.25) is 0 Å². The number of imidazole rings is 1. The van der Waals surface area contributed by atoms with Crippen LogP contribution >= 0.6 is 11.3 Å². The number of hydrogen-bond donors (Lipinski definition) is 0. The lowest BCUT2D eigenvalue weighted by molar-refractivity contribution is 0.0976. The van der Waals surface area contributed by atoms with E-state index in [1.54, 1.807) is 0 Å². The molecule has 0 aromatic carbocycles. The second-order valence-electron chi connectivity index (χ2n) is 4.82. The molecule has 0 aliphatic carbocycles. The Morgan fingerprint density at radius 3 is 3.21 bits per heavy atom. The third-order valence-electron chi connectivity index (χ3n) is 3.50. The minimum atomic E-state index is 0.272. The van der Waals surface area contributed by atoms with E-state index in [0.29, 0.717) is 6.42 Å². The van der Waals surface area contributed by atoms with Crippen LogP contribution < -0.4 is 0 Å². The molecule has 0 saturated carbocycles. The van der Waals surface area contributed by atoms with Gasteiger partial charge in [-0.15, -0.1) is 11.3 Å². The molecular formula is C14H17N3OS. The van der Waals surface area contributed by atoms with Gasteiger partial charge in [-0.05, 0) is 24.4 Å². The molecule has 0 spiro atoms. The molecule has 0 fully saturated rings. The number of ketones is 1. The molecule has 1 aliphatic rings. The first kappa shape index (κ1) is 12.6. The predicted octanol–water partition coefficient (Wildman–Crippen LogP) is 2.42. The van der Waals surface area contributed by atoms with Crippen molar-refractivity contribution in [3.63, 3.8) is 0 Å². The van der Waals surface area contributed by atoms with Crippen LogP contribution in [-0.4, -0.2) is 33.3 Å². The van der Waals surface area contributed by atoms with Crippen molar-refractivity contribution in [2.45, 2.75) is 25.9 Å². The highest BCUT2D eigenvalue weighted by atomic mass is 32.1. The van der Waals surface area contributed by atoms with Gasteiger partial charge < -0.3 is 4.57 Å². The third-order valence-corrected chi connectivity index (χ3v) is 4.41. The Kier molecular flexibility index (Phi) is 3.75. The Hall–Kier alpha value is -1.46. The van der Waals surface area contributed by atoms with Gasteiger partial charge in [0.05, 0.1) is 11.4 Å². The van der Waals surface area contributed by atoms with Crippen molar-refractivity contribution in [2.24, 2.45) is 0 Å². The smallest absolute Gasteiger partial charge is 0.172 e. The van der Waals surface area contributed by atoms with E-state index in [1.807, 2.05) is 29.9 Å². The summed E-state index contributed by atoms with van der Waals surface area (Å²) in [6, 6.07) is 3.84. The maximum atomic E-state index is 11.9. The second kappa shape index (κ2) is 5.67. The first-order valence-corrected chi connectivity index (χ1v) is 7.50. The van der Waals surface area contributed by atoms with E-state index in [1.165, 1.54) is 11.3 Å². The fraction of sp³-hybridized carbons (Fsp3) is 0.429. The molecular weight excluding hydrogens is 258 g/mol. The number of carbonyl (C=O) groups excluding carboxylic acids is 1. The Morgan fingerprint density at radius 2 is 2.37 bits per heavy atom. The molecule has 0 atom stereocenters. The maximum Gasteiger partial charge on any atom is 0.172 e. The van der Waals surface area contributed by atoms with Gasteiger partial charge in [-0.2, -0.15) is 0 Å². The van der Waals surface area contributed by atoms with E-state index in [-0.39, 0.29) is 5.78 Å². The van der Waals surface area contributed by atoms with Crippen LogP contribution in [-0.2, 0) is 13.1 Å². The minimum Gasteiger partial charge on any atom is -0.333 e. The molecule has 0 amide bonds. The summed E-state index contributed by atoms with van der Waals surface area (Å²) in [6.45, 7) is 3.94. The summed E-state index contributed by atoms with van der Waals surface area (Å²) in [4.78, 5) is 19.5. The maximum absolute atomic E-state index is 11.9. The van der Waals surface area contributed by atoms with Crippen molar-refractivity contribution in [1.29, 1.82) is 0 Å². The molecule has 100 valence electrons. The lowest BCUT2D eigenvalue weighted by atomic mass is 10.2. The Labute approximate surface area is 116 Å². The minimum absolute atomic E-state index is 0.272. The van der Waals surface area contributed by atoms with Crippen molar-refractivity contribution < 1.29 is 4.79 Å². The Bertz CT molecular complexity index is 547. The number of hydrogen-bond acceptors (Lipinski definition) is 4. The fourth-order valence-electron chi connectivity index (χ4n) is 2.44. The zero-order chi connectivity index (χ0) is 13.1. The lowest BCUT2D eigenvalue weighted by Gasteiger charge is -2.27. The average molecular weight is 275 g/mol. The highest BCUT2D eigenvalue weighted by molar-refractivity contribution is 7.12. The van der Waals surface area contributed by atoms with Gasteiger partial charge >= 0.3 is 0 Å². The molecule has 3 heterocycles. The number of nitrogens with zero attached hydrogens (tertiary/aromatic N) is 3. The van der Waals surface area contributed by atoms with Crippen LogP contribution in [0, 0.1) is 0 Å². The van der Waals surface area contributed by atoms with Gasteiger partial charge in [-0.25, -0.2) is 4.98 Å². The summed E-state index contributed by atoms with van der Waals surface area (Å²) in [5.74, 6) is 1.41. The number of fused-ring (bicyclic) bond motifs is 1. The Morgan fingerprint density at radius 1 is 1.42 bits per heavy atom. The zero-order valence-electron chi connectivity index (χ0n) is 10.8. The van der Waals surface area contributed by atoms with E-state index in [9.17, 15) is 4.79 Å². The summed E-state index contributed by atoms with van der Waals surface area (Å²) < 4.78 is 2.20. The number of aromatic nitrogens is 2.